The number of ether oxygens (including phenoxy) is 2. The van der Waals surface area contributed by atoms with E-state index in [2.05, 4.69) is 35.1 Å². The highest BCUT2D eigenvalue weighted by molar-refractivity contribution is 7.92. The van der Waals surface area contributed by atoms with Gasteiger partial charge >= 0.3 is 6.03 Å². The van der Waals surface area contributed by atoms with Crippen LogP contribution >= 0.6 is 0 Å². The van der Waals surface area contributed by atoms with Crippen LogP contribution in [0.1, 0.15) is 59.2 Å². The number of carbonyl (C=O) groups is 1. The first kappa shape index (κ1) is 33.2. The predicted molar refractivity (Wildman–Crippen MR) is 198 cm³/mol. The van der Waals surface area contributed by atoms with Crippen molar-refractivity contribution in [3.8, 4) is 5.88 Å². The van der Waals surface area contributed by atoms with E-state index in [0.717, 1.165) is 59.2 Å². The van der Waals surface area contributed by atoms with E-state index in [1.807, 2.05) is 91.0 Å². The number of nitrogens with zero attached hydrogens (tertiary/aromatic N) is 3. The fourth-order valence-corrected chi connectivity index (χ4v) is 9.78. The Balaban J connectivity index is 1.33. The predicted octanol–water partition coefficient (Wildman–Crippen LogP) is 7.46. The highest BCUT2D eigenvalue weighted by Gasteiger charge is 2.41. The summed E-state index contributed by atoms with van der Waals surface area (Å²) in [5.74, 6) is 0.343. The zero-order valence-electron chi connectivity index (χ0n) is 29.2. The number of urea groups is 1. The Morgan fingerprint density at radius 1 is 0.922 bits per heavy atom. The van der Waals surface area contributed by atoms with E-state index in [1.54, 1.807) is 11.8 Å². The summed E-state index contributed by atoms with van der Waals surface area (Å²) >= 11 is 0. The Labute approximate surface area is 299 Å². The van der Waals surface area contributed by atoms with Gasteiger partial charge in [-0.25, -0.2) is 18.4 Å². The highest BCUT2D eigenvalue weighted by atomic mass is 32.2. The molecule has 2 aliphatic carbocycles. The normalized spacial score (nSPS) is 18.5. The van der Waals surface area contributed by atoms with Crippen molar-refractivity contribution in [3.63, 3.8) is 0 Å². The van der Waals surface area contributed by atoms with Crippen LogP contribution < -0.4 is 14.8 Å². The van der Waals surface area contributed by atoms with Gasteiger partial charge in [-0.15, -0.1) is 0 Å². The smallest absolute Gasteiger partial charge is 0.331 e. The van der Waals surface area contributed by atoms with Crippen molar-refractivity contribution in [1.82, 2.24) is 14.5 Å². The van der Waals surface area contributed by atoms with Gasteiger partial charge in [-0.05, 0) is 64.6 Å². The summed E-state index contributed by atoms with van der Waals surface area (Å²) < 4.78 is 38.2. The SMILES string of the molecule is COC1Cc2cc3c(c(NC(=O)NS(=O)(=NC(c4ccccc4)(c4ccccc4)c4ccccc4)c4cnn5c4OCC(C)(C)C5)c2C1)CCC3. The monoisotopic (exact) mass is 701 g/mol. The third-order valence-corrected chi connectivity index (χ3v) is 12.2. The molecule has 1 aromatic heterocycles. The molecule has 0 bridgehead atoms. The van der Waals surface area contributed by atoms with Crippen LogP contribution in [0, 0.1) is 5.41 Å². The maximum absolute atomic E-state index is 16.1. The highest BCUT2D eigenvalue weighted by Crippen LogP contribution is 2.44. The maximum atomic E-state index is 16.1. The molecule has 5 aromatic rings. The number of rotatable bonds is 8. The second-order valence-electron chi connectivity index (χ2n) is 14.6. The summed E-state index contributed by atoms with van der Waals surface area (Å²) in [6.45, 7) is 5.16. The lowest BCUT2D eigenvalue weighted by molar-refractivity contribution is 0.0971. The van der Waals surface area contributed by atoms with Gasteiger partial charge in [-0.3, -0.25) is 0 Å². The van der Waals surface area contributed by atoms with Crippen molar-refractivity contribution >= 4 is 21.6 Å². The lowest BCUT2D eigenvalue weighted by Crippen LogP contribution is -2.39. The van der Waals surface area contributed by atoms with Gasteiger partial charge in [-0.2, -0.15) is 9.46 Å². The van der Waals surface area contributed by atoms with Crippen molar-refractivity contribution in [3.05, 3.63) is 142 Å². The number of hydrogen-bond acceptors (Lipinski definition) is 6. The van der Waals surface area contributed by atoms with Gasteiger partial charge in [0.25, 0.3) is 0 Å². The number of aryl methyl sites for hydroxylation is 1. The van der Waals surface area contributed by atoms with Crippen molar-refractivity contribution in [1.29, 1.82) is 0 Å². The number of carbonyl (C=O) groups excluding carboxylic acids is 1. The van der Waals surface area contributed by atoms with Gasteiger partial charge in [0.1, 0.15) is 10.4 Å². The van der Waals surface area contributed by atoms with Crippen molar-refractivity contribution in [2.75, 3.05) is 19.0 Å². The summed E-state index contributed by atoms with van der Waals surface area (Å²) in [6, 6.07) is 31.1. The van der Waals surface area contributed by atoms with E-state index in [4.69, 9.17) is 13.8 Å². The molecular formula is C41H43N5O4S. The lowest BCUT2D eigenvalue weighted by Gasteiger charge is -2.34. The Bertz CT molecular complexity index is 2110. The fraction of sp³-hybridized carbons (Fsp3) is 0.317. The van der Waals surface area contributed by atoms with Gasteiger partial charge < -0.3 is 14.8 Å². The van der Waals surface area contributed by atoms with Crippen LogP contribution in [0.2, 0.25) is 0 Å². The summed E-state index contributed by atoms with van der Waals surface area (Å²) in [4.78, 5) is 14.7. The number of methoxy groups -OCH3 is 1. The van der Waals surface area contributed by atoms with Crippen molar-refractivity contribution in [2.45, 2.75) is 69.0 Å². The van der Waals surface area contributed by atoms with E-state index < -0.39 is 21.5 Å². The molecule has 0 fully saturated rings. The minimum Gasteiger partial charge on any atom is -0.476 e. The van der Waals surface area contributed by atoms with Crippen LogP contribution in [-0.2, 0) is 52.4 Å². The van der Waals surface area contributed by atoms with E-state index in [9.17, 15) is 4.79 Å². The van der Waals surface area contributed by atoms with E-state index in [0.29, 0.717) is 25.5 Å². The van der Waals surface area contributed by atoms with Gasteiger partial charge in [0.05, 0.1) is 25.5 Å². The zero-order chi connectivity index (χ0) is 35.2. The van der Waals surface area contributed by atoms with Gasteiger partial charge in [0.2, 0.25) is 5.88 Å². The Morgan fingerprint density at radius 2 is 1.55 bits per heavy atom. The molecule has 2 atom stereocenters. The first-order valence-corrected chi connectivity index (χ1v) is 19.1. The van der Waals surface area contributed by atoms with E-state index in [1.165, 1.54) is 17.3 Å². The molecule has 2 N–H and O–H groups in total. The second-order valence-corrected chi connectivity index (χ2v) is 16.4. The van der Waals surface area contributed by atoms with Crippen LogP contribution in [0.4, 0.5) is 10.5 Å². The minimum atomic E-state index is -3.84. The summed E-state index contributed by atoms with van der Waals surface area (Å²) in [6.07, 6.45) is 5.95. The Kier molecular flexibility index (Phi) is 8.47. The number of anilines is 1. The number of fused-ring (bicyclic) bond motifs is 3. The van der Waals surface area contributed by atoms with Crippen LogP contribution in [0.15, 0.2) is 113 Å². The molecule has 0 spiro atoms. The molecule has 8 rings (SSSR count). The fourth-order valence-electron chi connectivity index (χ4n) is 7.93. The second kappa shape index (κ2) is 13.0. The average Bonchev–Trinajstić information content (AvgIpc) is 3.90. The molecule has 2 unspecified atom stereocenters. The number of amides is 2. The van der Waals surface area contributed by atoms with Gasteiger partial charge in [0.15, 0.2) is 9.92 Å². The Morgan fingerprint density at radius 3 is 2.16 bits per heavy atom. The van der Waals surface area contributed by atoms with Crippen LogP contribution in [0.3, 0.4) is 0 Å². The molecule has 0 saturated carbocycles. The largest absolute Gasteiger partial charge is 0.476 e. The molecule has 3 aliphatic rings. The van der Waals surface area contributed by atoms with Crippen LogP contribution in [0.5, 0.6) is 5.88 Å². The molecule has 2 amide bonds. The molecule has 0 radical (unpaired) electrons. The summed E-state index contributed by atoms with van der Waals surface area (Å²) in [7, 11) is -2.11. The molecule has 9 nitrogen and oxygen atoms in total. The van der Waals surface area contributed by atoms with Crippen molar-refractivity contribution in [2.24, 2.45) is 9.78 Å². The first-order chi connectivity index (χ1) is 24.7. The number of aromatic nitrogens is 2. The maximum Gasteiger partial charge on any atom is 0.331 e. The molecule has 51 heavy (non-hydrogen) atoms. The van der Waals surface area contributed by atoms with Gasteiger partial charge in [0, 0.05) is 24.6 Å². The molecule has 262 valence electrons. The summed E-state index contributed by atoms with van der Waals surface area (Å²) in [5.41, 5.74) is 6.39. The molecule has 10 heteroatoms. The molecular weight excluding hydrogens is 659 g/mol. The molecule has 4 aromatic carbocycles. The zero-order valence-corrected chi connectivity index (χ0v) is 30.0. The standard InChI is InChI=1S/C41H43N5O4S/c1-40(2)26-46-38(50-27-40)36(25-42-46)51(48,44-39(47)43-37-34-21-13-14-28(34)22-29-23-33(49-3)24-35(29)37)45-41(30-15-7-4-8-16-30,31-17-9-5-10-18-31)32-19-11-6-12-20-32/h4-12,15-20,22,25,33H,13-14,21,23-24,26-27H2,1-3H3,(H2,43,44,45,47,48). The minimum absolute atomic E-state index is 0.0499. The first-order valence-electron chi connectivity index (χ1n) is 17.6. The average molecular weight is 702 g/mol. The lowest BCUT2D eigenvalue weighted by atomic mass is 9.78. The quantitative estimate of drug-likeness (QED) is 0.164. The number of hydrogen-bond donors (Lipinski definition) is 2. The molecule has 2 heterocycles. The van der Waals surface area contributed by atoms with Crippen LogP contribution in [-0.4, -0.2) is 39.8 Å². The number of benzene rings is 4. The van der Waals surface area contributed by atoms with Crippen molar-refractivity contribution < 1.29 is 18.5 Å². The summed E-state index contributed by atoms with van der Waals surface area (Å²) in [5, 5.41) is 7.83. The molecule has 1 aliphatic heterocycles. The third-order valence-electron chi connectivity index (χ3n) is 10.4. The third kappa shape index (κ3) is 6.00. The van der Waals surface area contributed by atoms with Gasteiger partial charge in [-0.1, -0.05) is 111 Å². The molecule has 0 saturated heterocycles. The Hall–Kier alpha value is -4.93. The van der Waals surface area contributed by atoms with E-state index in [-0.39, 0.29) is 16.4 Å². The van der Waals surface area contributed by atoms with E-state index >= 15 is 4.21 Å². The van der Waals surface area contributed by atoms with Crippen LogP contribution in [0.25, 0.3) is 0 Å². The number of nitrogens with one attached hydrogen (secondary N) is 2. The topological polar surface area (TPSA) is 107 Å².